The molecule has 5 nitrogen and oxygen atoms in total. The number of aromatic nitrogens is 1. The maximum absolute atomic E-state index is 12.6. The van der Waals surface area contributed by atoms with Crippen LogP contribution in [0, 0.1) is 0 Å². The van der Waals surface area contributed by atoms with Crippen molar-refractivity contribution in [1.29, 1.82) is 0 Å². The standard InChI is InChI=1S/C21H23N3O2S/c25-27(26,21-11-4-10-19-17-23-16-12-20(19)21)24-15-6-14-22-13-5-9-18-7-2-1-3-8-18/h1-5,7-12,16-17,22,24H,6,13-15H2/b9-5-. The molecule has 0 unspecified atom stereocenters. The van der Waals surface area contributed by atoms with Crippen molar-refractivity contribution in [3.05, 3.63) is 78.6 Å². The first-order valence-electron chi connectivity index (χ1n) is 8.91. The number of pyridine rings is 1. The highest BCUT2D eigenvalue weighted by Crippen LogP contribution is 2.21. The van der Waals surface area contributed by atoms with E-state index in [-0.39, 0.29) is 0 Å². The number of rotatable bonds is 9. The van der Waals surface area contributed by atoms with Gasteiger partial charge in [0, 0.05) is 36.3 Å². The Morgan fingerprint density at radius 3 is 2.67 bits per heavy atom. The summed E-state index contributed by atoms with van der Waals surface area (Å²) in [6.45, 7) is 1.87. The number of fused-ring (bicyclic) bond motifs is 1. The fourth-order valence-corrected chi connectivity index (χ4v) is 4.07. The lowest BCUT2D eigenvalue weighted by Gasteiger charge is -2.09. The van der Waals surface area contributed by atoms with Crippen molar-refractivity contribution in [2.75, 3.05) is 19.6 Å². The van der Waals surface area contributed by atoms with Crippen LogP contribution in [0.5, 0.6) is 0 Å². The summed E-state index contributed by atoms with van der Waals surface area (Å²) >= 11 is 0. The molecule has 0 bridgehead atoms. The van der Waals surface area contributed by atoms with E-state index in [1.54, 1.807) is 30.6 Å². The van der Waals surface area contributed by atoms with Gasteiger partial charge in [-0.25, -0.2) is 13.1 Å². The number of sulfonamides is 1. The SMILES string of the molecule is O=S(=O)(NCCCNC/C=C\c1ccccc1)c1cccc2cnccc12. The van der Waals surface area contributed by atoms with E-state index in [0.29, 0.717) is 23.2 Å². The van der Waals surface area contributed by atoms with Crippen molar-refractivity contribution >= 4 is 26.9 Å². The molecule has 140 valence electrons. The van der Waals surface area contributed by atoms with Crippen molar-refractivity contribution in [3.63, 3.8) is 0 Å². The number of hydrogen-bond acceptors (Lipinski definition) is 4. The Morgan fingerprint density at radius 1 is 0.963 bits per heavy atom. The summed E-state index contributed by atoms with van der Waals surface area (Å²) in [6, 6.07) is 17.0. The van der Waals surface area contributed by atoms with E-state index < -0.39 is 10.0 Å². The van der Waals surface area contributed by atoms with Gasteiger partial charge in [-0.3, -0.25) is 4.98 Å². The van der Waals surface area contributed by atoms with Crippen LogP contribution in [0.1, 0.15) is 12.0 Å². The van der Waals surface area contributed by atoms with Crippen LogP contribution in [0.15, 0.2) is 78.0 Å². The van der Waals surface area contributed by atoms with Gasteiger partial charge in [-0.15, -0.1) is 0 Å². The molecule has 2 N–H and O–H groups in total. The van der Waals surface area contributed by atoms with Gasteiger partial charge in [-0.2, -0.15) is 0 Å². The second-order valence-corrected chi connectivity index (χ2v) is 7.86. The number of benzene rings is 2. The Balaban J connectivity index is 1.44. The van der Waals surface area contributed by atoms with Crippen molar-refractivity contribution in [1.82, 2.24) is 15.0 Å². The van der Waals surface area contributed by atoms with Gasteiger partial charge in [0.15, 0.2) is 0 Å². The Hall–Kier alpha value is -2.54. The fraction of sp³-hybridized carbons (Fsp3) is 0.190. The molecule has 0 amide bonds. The van der Waals surface area contributed by atoms with Gasteiger partial charge in [0.2, 0.25) is 10.0 Å². The van der Waals surface area contributed by atoms with E-state index in [0.717, 1.165) is 24.0 Å². The third kappa shape index (κ3) is 5.47. The zero-order valence-corrected chi connectivity index (χ0v) is 15.8. The minimum Gasteiger partial charge on any atom is -0.313 e. The Labute approximate surface area is 160 Å². The normalized spacial score (nSPS) is 12.0. The second kappa shape index (κ2) is 9.41. The van der Waals surface area contributed by atoms with Gasteiger partial charge >= 0.3 is 0 Å². The van der Waals surface area contributed by atoms with Gasteiger partial charge in [0.25, 0.3) is 0 Å². The van der Waals surface area contributed by atoms with Crippen LogP contribution in [0.25, 0.3) is 16.8 Å². The number of nitrogens with one attached hydrogen (secondary N) is 2. The zero-order valence-electron chi connectivity index (χ0n) is 15.0. The van der Waals surface area contributed by atoms with Gasteiger partial charge in [0.05, 0.1) is 4.90 Å². The van der Waals surface area contributed by atoms with Gasteiger partial charge in [-0.05, 0) is 30.7 Å². The van der Waals surface area contributed by atoms with E-state index in [1.807, 2.05) is 24.3 Å². The highest BCUT2D eigenvalue weighted by atomic mass is 32.2. The topological polar surface area (TPSA) is 71.1 Å². The lowest BCUT2D eigenvalue weighted by atomic mass is 10.2. The summed E-state index contributed by atoms with van der Waals surface area (Å²) in [7, 11) is -3.54. The quantitative estimate of drug-likeness (QED) is 0.559. The molecule has 0 saturated heterocycles. The Morgan fingerprint density at radius 2 is 1.81 bits per heavy atom. The highest BCUT2D eigenvalue weighted by molar-refractivity contribution is 7.89. The summed E-state index contributed by atoms with van der Waals surface area (Å²) in [6.07, 6.45) is 8.11. The second-order valence-electron chi connectivity index (χ2n) is 6.12. The van der Waals surface area contributed by atoms with E-state index in [2.05, 4.69) is 39.3 Å². The molecule has 6 heteroatoms. The number of nitrogens with zero attached hydrogens (tertiary/aromatic N) is 1. The molecule has 0 atom stereocenters. The molecule has 3 rings (SSSR count). The molecule has 0 aliphatic carbocycles. The lowest BCUT2D eigenvalue weighted by Crippen LogP contribution is -2.27. The van der Waals surface area contributed by atoms with Crippen molar-refractivity contribution in [2.45, 2.75) is 11.3 Å². The molecule has 3 aromatic rings. The molecule has 0 radical (unpaired) electrons. The molecule has 0 aliphatic rings. The highest BCUT2D eigenvalue weighted by Gasteiger charge is 2.16. The molecule has 27 heavy (non-hydrogen) atoms. The van der Waals surface area contributed by atoms with Crippen LogP contribution in [0.3, 0.4) is 0 Å². The summed E-state index contributed by atoms with van der Waals surface area (Å²) in [5.41, 5.74) is 1.16. The average Bonchev–Trinajstić information content (AvgIpc) is 2.70. The van der Waals surface area contributed by atoms with Crippen LogP contribution < -0.4 is 10.0 Å². The predicted molar refractivity (Wildman–Crippen MR) is 110 cm³/mol. The predicted octanol–water partition coefficient (Wildman–Crippen LogP) is 3.21. The molecular weight excluding hydrogens is 358 g/mol. The maximum Gasteiger partial charge on any atom is 0.241 e. The van der Waals surface area contributed by atoms with E-state index in [4.69, 9.17) is 0 Å². The van der Waals surface area contributed by atoms with Crippen LogP contribution in [0.2, 0.25) is 0 Å². The Bertz CT molecular complexity index is 997. The van der Waals surface area contributed by atoms with Crippen LogP contribution in [-0.4, -0.2) is 33.0 Å². The first-order chi connectivity index (χ1) is 13.2. The molecule has 0 fully saturated rings. The van der Waals surface area contributed by atoms with Gasteiger partial charge in [0.1, 0.15) is 0 Å². The van der Waals surface area contributed by atoms with Crippen molar-refractivity contribution < 1.29 is 8.42 Å². The fourth-order valence-electron chi connectivity index (χ4n) is 2.77. The van der Waals surface area contributed by atoms with E-state index in [1.165, 1.54) is 0 Å². The maximum atomic E-state index is 12.6. The summed E-state index contributed by atoms with van der Waals surface area (Å²) < 4.78 is 27.8. The van der Waals surface area contributed by atoms with Crippen molar-refractivity contribution in [3.8, 4) is 0 Å². The monoisotopic (exact) mass is 381 g/mol. The first-order valence-corrected chi connectivity index (χ1v) is 10.4. The zero-order chi connectivity index (χ0) is 19.0. The third-order valence-corrected chi connectivity index (χ3v) is 5.64. The first kappa shape index (κ1) is 19.2. The minimum atomic E-state index is -3.54. The molecule has 0 aliphatic heterocycles. The molecule has 2 aromatic carbocycles. The van der Waals surface area contributed by atoms with Gasteiger partial charge in [-0.1, -0.05) is 54.6 Å². The van der Waals surface area contributed by atoms with Crippen molar-refractivity contribution in [2.24, 2.45) is 0 Å². The van der Waals surface area contributed by atoms with E-state index in [9.17, 15) is 8.42 Å². The molecular formula is C21H23N3O2S. The van der Waals surface area contributed by atoms with Gasteiger partial charge < -0.3 is 5.32 Å². The molecule has 0 spiro atoms. The van der Waals surface area contributed by atoms with Crippen LogP contribution in [0.4, 0.5) is 0 Å². The summed E-state index contributed by atoms with van der Waals surface area (Å²) in [5.74, 6) is 0. The summed E-state index contributed by atoms with van der Waals surface area (Å²) in [4.78, 5) is 4.33. The third-order valence-electron chi connectivity index (χ3n) is 4.12. The summed E-state index contributed by atoms with van der Waals surface area (Å²) in [5, 5.41) is 4.78. The smallest absolute Gasteiger partial charge is 0.241 e. The number of hydrogen-bond donors (Lipinski definition) is 2. The Kier molecular flexibility index (Phi) is 6.70. The molecule has 0 saturated carbocycles. The minimum absolute atomic E-state index is 0.293. The lowest BCUT2D eigenvalue weighted by molar-refractivity contribution is 0.577. The molecule has 1 heterocycles. The van der Waals surface area contributed by atoms with Crippen LogP contribution >= 0.6 is 0 Å². The largest absolute Gasteiger partial charge is 0.313 e. The molecule has 1 aromatic heterocycles. The van der Waals surface area contributed by atoms with Crippen LogP contribution in [-0.2, 0) is 10.0 Å². The average molecular weight is 382 g/mol. The van der Waals surface area contributed by atoms with E-state index >= 15 is 0 Å².